The number of thioether (sulfide) groups is 1. The molecule has 6 nitrogen and oxygen atoms in total. The van der Waals surface area contributed by atoms with Crippen LogP contribution in [-0.4, -0.2) is 16.2 Å². The van der Waals surface area contributed by atoms with Crippen LogP contribution in [0, 0.1) is 20.8 Å². The maximum atomic E-state index is 13.1. The van der Waals surface area contributed by atoms with Gasteiger partial charge in [-0.3, -0.25) is 4.79 Å². The zero-order valence-electron chi connectivity index (χ0n) is 16.9. The highest BCUT2D eigenvalue weighted by Gasteiger charge is 2.22. The van der Waals surface area contributed by atoms with Crippen LogP contribution in [0.5, 0.6) is 0 Å². The monoisotopic (exact) mass is 440 g/mol. The van der Waals surface area contributed by atoms with Gasteiger partial charge in [0.2, 0.25) is 5.91 Å². The average molecular weight is 441 g/mol. The molecule has 1 aromatic carbocycles. The van der Waals surface area contributed by atoms with Gasteiger partial charge in [0.1, 0.15) is 11.1 Å². The van der Waals surface area contributed by atoms with Crippen molar-refractivity contribution < 1.29 is 14.2 Å². The van der Waals surface area contributed by atoms with Crippen LogP contribution in [0.2, 0.25) is 0 Å². The fraction of sp³-hybridized carbons (Fsp3) is 0.227. The molecule has 8 heteroatoms. The number of aromatic nitrogens is 2. The zero-order valence-corrected chi connectivity index (χ0v) is 18.6. The second-order valence-electron chi connectivity index (χ2n) is 7.10. The molecule has 0 bridgehead atoms. The maximum absolute atomic E-state index is 13.1. The number of hydrogen-bond donors (Lipinski definition) is 1. The Kier molecular flexibility index (Phi) is 5.78. The molecule has 2 N–H and O–H groups in total. The molecule has 4 rings (SSSR count). The van der Waals surface area contributed by atoms with Gasteiger partial charge in [-0.05, 0) is 61.9 Å². The number of carbonyl (C=O) groups excluding carboxylic acids is 1. The predicted molar refractivity (Wildman–Crippen MR) is 120 cm³/mol. The molecular formula is C22H22N3O3S2+. The lowest BCUT2D eigenvalue weighted by Gasteiger charge is -2.11. The number of nitrogens with one attached hydrogen (secondary N) is 2. The molecule has 0 fully saturated rings. The summed E-state index contributed by atoms with van der Waals surface area (Å²) in [5.41, 5.74) is 2.78. The second-order valence-corrected chi connectivity index (χ2v) is 9.32. The molecule has 0 saturated carbocycles. The summed E-state index contributed by atoms with van der Waals surface area (Å²) >= 11 is 2.84. The number of fused-ring (bicyclic) bond motifs is 1. The maximum Gasteiger partial charge on any atom is 0.347 e. The fourth-order valence-electron chi connectivity index (χ4n) is 3.31. The SMILES string of the molecule is Cc1cc2c(=O)n(Cc3ccco3)c(SCC(=O)Nc3c(C)cccc3C)[nH+]c2s1. The van der Waals surface area contributed by atoms with E-state index in [1.54, 1.807) is 16.9 Å². The number of carbonyl (C=O) groups is 1. The number of para-hydroxylation sites is 1. The van der Waals surface area contributed by atoms with Gasteiger partial charge < -0.3 is 9.73 Å². The lowest BCUT2D eigenvalue weighted by molar-refractivity contribution is -0.404. The third kappa shape index (κ3) is 4.20. The quantitative estimate of drug-likeness (QED) is 0.360. The number of H-pyrrole nitrogens is 1. The lowest BCUT2D eigenvalue weighted by Crippen LogP contribution is -2.30. The van der Waals surface area contributed by atoms with Crippen molar-refractivity contribution in [1.29, 1.82) is 0 Å². The normalized spacial score (nSPS) is 11.2. The molecule has 4 aromatic rings. The number of aromatic amines is 1. The van der Waals surface area contributed by atoms with Crippen LogP contribution in [0.4, 0.5) is 5.69 Å². The van der Waals surface area contributed by atoms with E-state index in [4.69, 9.17) is 4.42 Å². The molecule has 154 valence electrons. The van der Waals surface area contributed by atoms with Gasteiger partial charge in [0.15, 0.2) is 11.4 Å². The van der Waals surface area contributed by atoms with Crippen molar-refractivity contribution in [2.75, 3.05) is 11.1 Å². The number of anilines is 1. The Bertz CT molecular complexity index is 1250. The Hall–Kier alpha value is -2.84. The minimum atomic E-state index is -0.120. The number of rotatable bonds is 6. The summed E-state index contributed by atoms with van der Waals surface area (Å²) in [5.74, 6) is 0.737. The largest absolute Gasteiger partial charge is 0.465 e. The summed E-state index contributed by atoms with van der Waals surface area (Å²) in [6.07, 6.45) is 1.59. The first-order valence-electron chi connectivity index (χ1n) is 9.50. The highest BCUT2D eigenvalue weighted by molar-refractivity contribution is 7.99. The minimum Gasteiger partial charge on any atom is -0.465 e. The molecule has 0 radical (unpaired) electrons. The van der Waals surface area contributed by atoms with Gasteiger partial charge in [0.05, 0.1) is 12.0 Å². The van der Waals surface area contributed by atoms with Crippen molar-refractivity contribution >= 4 is 44.9 Å². The van der Waals surface area contributed by atoms with E-state index >= 15 is 0 Å². The molecule has 0 aliphatic carbocycles. The first kappa shape index (κ1) is 20.4. The standard InChI is InChI=1S/C22H21N3O3S2/c1-13-6-4-7-14(2)19(13)23-18(26)12-29-22-24-20-17(10-15(3)30-20)21(27)25(22)11-16-8-5-9-28-16/h4-10H,11-12H2,1-3H3,(H,23,26)/p+1. The Morgan fingerprint density at radius 3 is 2.67 bits per heavy atom. The van der Waals surface area contributed by atoms with Gasteiger partial charge in [-0.25, -0.2) is 9.78 Å². The van der Waals surface area contributed by atoms with E-state index in [9.17, 15) is 9.59 Å². The molecule has 0 aliphatic heterocycles. The van der Waals surface area contributed by atoms with Gasteiger partial charge in [0, 0.05) is 10.6 Å². The van der Waals surface area contributed by atoms with Crippen molar-refractivity contribution in [3.8, 4) is 0 Å². The topological polar surface area (TPSA) is 78.4 Å². The van der Waals surface area contributed by atoms with Gasteiger partial charge >= 0.3 is 10.7 Å². The molecule has 0 atom stereocenters. The van der Waals surface area contributed by atoms with Crippen molar-refractivity contribution in [2.24, 2.45) is 0 Å². The van der Waals surface area contributed by atoms with E-state index in [1.165, 1.54) is 23.1 Å². The van der Waals surface area contributed by atoms with E-state index in [2.05, 4.69) is 10.3 Å². The molecule has 3 aromatic heterocycles. The van der Waals surface area contributed by atoms with Crippen molar-refractivity contribution in [3.05, 3.63) is 74.8 Å². The summed E-state index contributed by atoms with van der Waals surface area (Å²) in [6.45, 7) is 6.21. The average Bonchev–Trinajstić information content (AvgIpc) is 3.35. The highest BCUT2D eigenvalue weighted by atomic mass is 32.2. The van der Waals surface area contributed by atoms with Gasteiger partial charge in [-0.15, -0.1) is 0 Å². The molecule has 0 unspecified atom stereocenters. The van der Waals surface area contributed by atoms with Crippen LogP contribution in [0.15, 0.2) is 57.0 Å². The van der Waals surface area contributed by atoms with Crippen LogP contribution >= 0.6 is 23.1 Å². The first-order chi connectivity index (χ1) is 14.4. The summed E-state index contributed by atoms with van der Waals surface area (Å²) in [7, 11) is 0. The summed E-state index contributed by atoms with van der Waals surface area (Å²) < 4.78 is 7.07. The molecule has 30 heavy (non-hydrogen) atoms. The number of benzene rings is 1. The summed E-state index contributed by atoms with van der Waals surface area (Å²) in [6, 6.07) is 11.4. The highest BCUT2D eigenvalue weighted by Crippen LogP contribution is 2.23. The van der Waals surface area contributed by atoms with E-state index in [0.717, 1.165) is 26.5 Å². The van der Waals surface area contributed by atoms with Crippen LogP contribution in [0.25, 0.3) is 10.2 Å². The number of amides is 1. The van der Waals surface area contributed by atoms with Gasteiger partial charge in [-0.1, -0.05) is 29.5 Å². The fourth-order valence-corrected chi connectivity index (χ4v) is 5.09. The van der Waals surface area contributed by atoms with Gasteiger partial charge in [-0.2, -0.15) is 4.57 Å². The van der Waals surface area contributed by atoms with Crippen LogP contribution in [0.1, 0.15) is 21.8 Å². The van der Waals surface area contributed by atoms with Gasteiger partial charge in [0.25, 0.3) is 0 Å². The van der Waals surface area contributed by atoms with Crippen molar-refractivity contribution in [2.45, 2.75) is 32.5 Å². The number of thiophene rings is 1. The Morgan fingerprint density at radius 1 is 1.20 bits per heavy atom. The molecule has 0 saturated heterocycles. The zero-order chi connectivity index (χ0) is 21.3. The number of nitrogens with zero attached hydrogens (tertiary/aromatic N) is 1. The number of furan rings is 1. The Balaban J connectivity index is 1.61. The Morgan fingerprint density at radius 2 is 1.97 bits per heavy atom. The van der Waals surface area contributed by atoms with E-state index in [0.29, 0.717) is 22.8 Å². The molecule has 0 spiro atoms. The number of hydrogen-bond acceptors (Lipinski definition) is 5. The molecular weight excluding hydrogens is 418 g/mol. The molecule has 3 heterocycles. The Labute approximate surface area is 181 Å². The minimum absolute atomic E-state index is 0.0952. The smallest absolute Gasteiger partial charge is 0.347 e. The number of aryl methyl sites for hydroxylation is 3. The van der Waals surface area contributed by atoms with E-state index in [1.807, 2.05) is 51.1 Å². The molecule has 0 aliphatic rings. The predicted octanol–water partition coefficient (Wildman–Crippen LogP) is 4.17. The first-order valence-corrected chi connectivity index (χ1v) is 11.3. The van der Waals surface area contributed by atoms with Crippen LogP contribution < -0.4 is 15.9 Å². The third-order valence-electron chi connectivity index (χ3n) is 4.78. The summed E-state index contributed by atoms with van der Waals surface area (Å²) in [5, 5.41) is 4.27. The van der Waals surface area contributed by atoms with Crippen LogP contribution in [0.3, 0.4) is 0 Å². The second kappa shape index (κ2) is 8.49. The molecule has 1 amide bonds. The van der Waals surface area contributed by atoms with Crippen molar-refractivity contribution in [1.82, 2.24) is 4.57 Å². The van der Waals surface area contributed by atoms with E-state index < -0.39 is 0 Å². The lowest BCUT2D eigenvalue weighted by atomic mass is 10.1. The summed E-state index contributed by atoms with van der Waals surface area (Å²) in [4.78, 5) is 30.9. The third-order valence-corrected chi connectivity index (χ3v) is 6.74. The van der Waals surface area contributed by atoms with Crippen molar-refractivity contribution in [3.63, 3.8) is 0 Å². The van der Waals surface area contributed by atoms with E-state index in [-0.39, 0.29) is 17.2 Å². The van der Waals surface area contributed by atoms with Crippen LogP contribution in [-0.2, 0) is 11.3 Å².